The van der Waals surface area contributed by atoms with Gasteiger partial charge in [0.25, 0.3) is 0 Å². The Bertz CT molecular complexity index is 669. The van der Waals surface area contributed by atoms with Gasteiger partial charge in [-0.25, -0.2) is 0 Å². The van der Waals surface area contributed by atoms with Gasteiger partial charge in [-0.3, -0.25) is 0 Å². The highest BCUT2D eigenvalue weighted by Gasteiger charge is 2.10. The summed E-state index contributed by atoms with van der Waals surface area (Å²) < 4.78 is 0. The molecule has 29 heavy (non-hydrogen) atoms. The highest BCUT2D eigenvalue weighted by atomic mass is 14.1. The van der Waals surface area contributed by atoms with Crippen molar-refractivity contribution in [3.8, 4) is 0 Å². The van der Waals surface area contributed by atoms with Crippen LogP contribution < -0.4 is 0 Å². The second-order valence-electron chi connectivity index (χ2n) is 9.36. The quantitative estimate of drug-likeness (QED) is 0.248. The lowest BCUT2D eigenvalue weighted by atomic mass is 9.89. The van der Waals surface area contributed by atoms with E-state index in [4.69, 9.17) is 0 Å². The van der Waals surface area contributed by atoms with E-state index in [0.717, 1.165) is 0 Å². The molecule has 1 unspecified atom stereocenters. The molecule has 0 spiro atoms. The topological polar surface area (TPSA) is 0 Å². The van der Waals surface area contributed by atoms with E-state index in [9.17, 15) is 0 Å². The zero-order valence-corrected chi connectivity index (χ0v) is 19.6. The Balaban J connectivity index is 1.51. The van der Waals surface area contributed by atoms with Crippen LogP contribution in [0.1, 0.15) is 127 Å². The van der Waals surface area contributed by atoms with Crippen molar-refractivity contribution < 1.29 is 0 Å². The minimum Gasteiger partial charge on any atom is -0.0654 e. The van der Waals surface area contributed by atoms with Crippen LogP contribution in [0.15, 0.2) is 36.4 Å². The van der Waals surface area contributed by atoms with Crippen molar-refractivity contribution in [3.63, 3.8) is 0 Å². The minimum absolute atomic E-state index is 0.664. The summed E-state index contributed by atoms with van der Waals surface area (Å²) in [6.45, 7) is 6.95. The van der Waals surface area contributed by atoms with Crippen LogP contribution in [0.5, 0.6) is 0 Å². The number of hydrogen-bond acceptors (Lipinski definition) is 0. The van der Waals surface area contributed by atoms with Crippen LogP contribution in [-0.2, 0) is 0 Å². The van der Waals surface area contributed by atoms with Gasteiger partial charge in [-0.2, -0.15) is 0 Å². The first-order chi connectivity index (χ1) is 14.2. The molecule has 0 radical (unpaired) electrons. The van der Waals surface area contributed by atoms with E-state index in [1.165, 1.54) is 113 Å². The smallest absolute Gasteiger partial charge is 0.0149 e. The monoisotopic (exact) mass is 394 g/mol. The summed E-state index contributed by atoms with van der Waals surface area (Å²) in [5, 5.41) is 2.85. The van der Waals surface area contributed by atoms with Crippen LogP contribution in [0, 0.1) is 6.92 Å². The minimum atomic E-state index is 0.664. The molecule has 0 nitrogen and oxygen atoms in total. The zero-order valence-electron chi connectivity index (χ0n) is 19.6. The first kappa shape index (κ1) is 24.0. The molecule has 0 heteroatoms. The van der Waals surface area contributed by atoms with E-state index in [-0.39, 0.29) is 0 Å². The molecule has 0 saturated heterocycles. The summed E-state index contributed by atoms with van der Waals surface area (Å²) in [6.07, 6.45) is 21.5. The fraction of sp³-hybridized carbons (Fsp3) is 0.655. The predicted molar refractivity (Wildman–Crippen MR) is 132 cm³/mol. The lowest BCUT2D eigenvalue weighted by molar-refractivity contribution is 0.524. The van der Waals surface area contributed by atoms with E-state index < -0.39 is 0 Å². The van der Waals surface area contributed by atoms with Gasteiger partial charge in [-0.05, 0) is 35.6 Å². The number of fused-ring (bicyclic) bond motifs is 1. The van der Waals surface area contributed by atoms with Gasteiger partial charge in [0.1, 0.15) is 0 Å². The molecule has 0 bridgehead atoms. The van der Waals surface area contributed by atoms with Crippen molar-refractivity contribution in [2.24, 2.45) is 0 Å². The third kappa shape index (κ3) is 9.37. The average molecular weight is 395 g/mol. The van der Waals surface area contributed by atoms with Gasteiger partial charge in [-0.1, -0.05) is 146 Å². The van der Waals surface area contributed by atoms with Gasteiger partial charge >= 0.3 is 0 Å². The highest BCUT2D eigenvalue weighted by molar-refractivity contribution is 5.86. The zero-order chi connectivity index (χ0) is 20.7. The molecule has 162 valence electrons. The summed E-state index contributed by atoms with van der Waals surface area (Å²) in [5.41, 5.74) is 2.95. The van der Waals surface area contributed by atoms with Gasteiger partial charge in [0, 0.05) is 0 Å². The second kappa shape index (κ2) is 14.6. The Morgan fingerprint density at radius 3 is 1.76 bits per heavy atom. The fourth-order valence-corrected chi connectivity index (χ4v) is 4.70. The summed E-state index contributed by atoms with van der Waals surface area (Å²) in [6, 6.07) is 13.6. The van der Waals surface area contributed by atoms with Crippen molar-refractivity contribution in [2.75, 3.05) is 0 Å². The second-order valence-corrected chi connectivity index (χ2v) is 9.36. The molecule has 0 aromatic heterocycles. The maximum absolute atomic E-state index is 2.42. The Hall–Kier alpha value is -1.30. The largest absolute Gasteiger partial charge is 0.0654 e. The van der Waals surface area contributed by atoms with Crippen LogP contribution in [0.2, 0.25) is 0 Å². The molecule has 0 saturated carbocycles. The van der Waals surface area contributed by atoms with Crippen LogP contribution in [0.3, 0.4) is 0 Å². The van der Waals surface area contributed by atoms with Gasteiger partial charge in [0.2, 0.25) is 0 Å². The highest BCUT2D eigenvalue weighted by Crippen LogP contribution is 2.30. The molecule has 1 atom stereocenters. The number of benzene rings is 2. The summed E-state index contributed by atoms with van der Waals surface area (Å²) >= 11 is 0. The van der Waals surface area contributed by atoms with Crippen molar-refractivity contribution in [1.29, 1.82) is 0 Å². The van der Waals surface area contributed by atoms with E-state index in [1.807, 2.05) is 0 Å². The fourth-order valence-electron chi connectivity index (χ4n) is 4.70. The molecule has 2 rings (SSSR count). The average Bonchev–Trinajstić information content (AvgIpc) is 2.73. The van der Waals surface area contributed by atoms with Crippen molar-refractivity contribution in [2.45, 2.75) is 123 Å². The first-order valence-corrected chi connectivity index (χ1v) is 12.7. The molecule has 0 aliphatic heterocycles. The van der Waals surface area contributed by atoms with E-state index in [2.05, 4.69) is 57.2 Å². The van der Waals surface area contributed by atoms with Gasteiger partial charge in [-0.15, -0.1) is 0 Å². The number of unbranched alkanes of at least 4 members (excludes halogenated alkanes) is 13. The standard InChI is InChI=1S/C29H46/c1-4-5-6-7-8-9-10-11-12-13-14-15-16-17-20-26(3)29-24-25(2)23-27-21-18-19-22-28(27)29/h18-19,21-24,26H,4-17,20H2,1-3H3. The Morgan fingerprint density at radius 1 is 0.655 bits per heavy atom. The summed E-state index contributed by atoms with van der Waals surface area (Å²) in [7, 11) is 0. The normalized spacial score (nSPS) is 12.5. The van der Waals surface area contributed by atoms with Gasteiger partial charge in [0.05, 0.1) is 0 Å². The molecule has 0 amide bonds. The van der Waals surface area contributed by atoms with E-state index >= 15 is 0 Å². The lowest BCUT2D eigenvalue weighted by Crippen LogP contribution is -1.96. The summed E-state index contributed by atoms with van der Waals surface area (Å²) in [5.74, 6) is 0.664. The number of hydrogen-bond donors (Lipinski definition) is 0. The van der Waals surface area contributed by atoms with Crippen LogP contribution in [-0.4, -0.2) is 0 Å². The van der Waals surface area contributed by atoms with Crippen LogP contribution in [0.4, 0.5) is 0 Å². The van der Waals surface area contributed by atoms with Crippen molar-refractivity contribution in [1.82, 2.24) is 0 Å². The molecule has 2 aromatic rings. The number of rotatable bonds is 16. The Morgan fingerprint density at radius 2 is 1.17 bits per heavy atom. The van der Waals surface area contributed by atoms with Gasteiger partial charge < -0.3 is 0 Å². The molecule has 0 aliphatic carbocycles. The molecule has 0 fully saturated rings. The predicted octanol–water partition coefficient (Wildman–Crippen LogP) is 10.1. The molecule has 0 heterocycles. The third-order valence-corrected chi connectivity index (χ3v) is 6.56. The molecule has 2 aromatic carbocycles. The maximum atomic E-state index is 2.42. The van der Waals surface area contributed by atoms with Crippen molar-refractivity contribution in [3.05, 3.63) is 47.5 Å². The Labute approximate surface area is 181 Å². The summed E-state index contributed by atoms with van der Waals surface area (Å²) in [4.78, 5) is 0. The molecule has 0 N–H and O–H groups in total. The van der Waals surface area contributed by atoms with E-state index in [1.54, 1.807) is 5.56 Å². The van der Waals surface area contributed by atoms with Crippen molar-refractivity contribution >= 4 is 10.8 Å². The van der Waals surface area contributed by atoms with Gasteiger partial charge in [0.15, 0.2) is 0 Å². The maximum Gasteiger partial charge on any atom is -0.0149 e. The van der Waals surface area contributed by atoms with Crippen LogP contribution >= 0.6 is 0 Å². The molecular weight excluding hydrogens is 348 g/mol. The van der Waals surface area contributed by atoms with E-state index in [0.29, 0.717) is 5.92 Å². The number of aryl methyl sites for hydroxylation is 1. The molecule has 0 aliphatic rings. The molecular formula is C29H46. The third-order valence-electron chi connectivity index (χ3n) is 6.56. The SMILES string of the molecule is CCCCCCCCCCCCCCCCC(C)c1cc(C)cc2ccccc12. The lowest BCUT2D eigenvalue weighted by Gasteiger charge is -2.16. The Kier molecular flexibility index (Phi) is 12.1. The first-order valence-electron chi connectivity index (χ1n) is 12.7. The van der Waals surface area contributed by atoms with Crippen LogP contribution in [0.25, 0.3) is 10.8 Å².